The van der Waals surface area contributed by atoms with Crippen molar-refractivity contribution >= 4 is 23.7 Å². The fraction of sp³-hybridized carbons (Fsp3) is 0.167. The first kappa shape index (κ1) is 19.0. The molecule has 2 aromatic carbocycles. The van der Waals surface area contributed by atoms with Gasteiger partial charge in [0.15, 0.2) is 0 Å². The van der Waals surface area contributed by atoms with Gasteiger partial charge in [0.05, 0.1) is 11.1 Å². The number of rotatable bonds is 5. The summed E-state index contributed by atoms with van der Waals surface area (Å²) in [6, 6.07) is 11.3. The highest BCUT2D eigenvalue weighted by molar-refractivity contribution is 7.99. The van der Waals surface area contributed by atoms with Crippen LogP contribution in [0.15, 0.2) is 57.8 Å². The zero-order chi connectivity index (χ0) is 19.4. The normalized spacial score (nSPS) is 11.4. The van der Waals surface area contributed by atoms with Crippen molar-refractivity contribution < 1.29 is 22.4 Å². The standard InChI is InChI=1S/C18H14F3N3O2S/c1-2-27-14-6-4-3-5-13(14)15(25)22-17-24-23-16(26-17)11-7-9-12(10-8-11)18(19,20)21/h3-10H,2H2,1H3,(H,22,24,25). The van der Waals surface area contributed by atoms with Crippen LogP contribution < -0.4 is 5.32 Å². The van der Waals surface area contributed by atoms with Gasteiger partial charge in [-0.1, -0.05) is 24.2 Å². The van der Waals surface area contributed by atoms with Crippen molar-refractivity contribution in [2.24, 2.45) is 0 Å². The molecule has 0 aliphatic heterocycles. The van der Waals surface area contributed by atoms with Gasteiger partial charge in [0.2, 0.25) is 5.89 Å². The highest BCUT2D eigenvalue weighted by Crippen LogP contribution is 2.31. The van der Waals surface area contributed by atoms with Gasteiger partial charge in [-0.2, -0.15) is 13.2 Å². The number of nitrogens with zero attached hydrogens (tertiary/aromatic N) is 2. The Kier molecular flexibility index (Phi) is 5.50. The first-order chi connectivity index (χ1) is 12.9. The molecule has 0 unspecified atom stereocenters. The Bertz CT molecular complexity index is 940. The molecule has 0 bridgehead atoms. The molecule has 27 heavy (non-hydrogen) atoms. The highest BCUT2D eigenvalue weighted by atomic mass is 32.2. The summed E-state index contributed by atoms with van der Waals surface area (Å²) in [6.07, 6.45) is -4.42. The van der Waals surface area contributed by atoms with Crippen LogP contribution in [0.25, 0.3) is 11.5 Å². The first-order valence-electron chi connectivity index (χ1n) is 7.93. The Morgan fingerprint density at radius 2 is 1.81 bits per heavy atom. The molecule has 1 heterocycles. The Balaban J connectivity index is 1.76. The second-order valence-electron chi connectivity index (χ2n) is 5.37. The van der Waals surface area contributed by atoms with Crippen LogP contribution >= 0.6 is 11.8 Å². The minimum absolute atomic E-state index is 0.00948. The maximum Gasteiger partial charge on any atom is 0.416 e. The first-order valence-corrected chi connectivity index (χ1v) is 8.91. The van der Waals surface area contributed by atoms with Gasteiger partial charge < -0.3 is 4.42 Å². The van der Waals surface area contributed by atoms with Gasteiger partial charge in [-0.15, -0.1) is 16.9 Å². The number of anilines is 1. The van der Waals surface area contributed by atoms with Gasteiger partial charge in [0, 0.05) is 10.5 Å². The molecule has 0 radical (unpaired) electrons. The largest absolute Gasteiger partial charge is 0.416 e. The number of thioether (sulfide) groups is 1. The predicted molar refractivity (Wildman–Crippen MR) is 95.5 cm³/mol. The molecule has 3 aromatic rings. The fourth-order valence-corrected chi connectivity index (χ4v) is 3.09. The molecular formula is C18H14F3N3O2S. The summed E-state index contributed by atoms with van der Waals surface area (Å²) in [4.78, 5) is 13.3. The summed E-state index contributed by atoms with van der Waals surface area (Å²) in [5.74, 6) is 0.410. The van der Waals surface area contributed by atoms with E-state index in [1.807, 2.05) is 19.1 Å². The van der Waals surface area contributed by atoms with Crippen LogP contribution in [0, 0.1) is 0 Å². The summed E-state index contributed by atoms with van der Waals surface area (Å²) in [5.41, 5.74) is 0.0147. The Morgan fingerprint density at radius 1 is 1.11 bits per heavy atom. The molecule has 1 N–H and O–H groups in total. The van der Waals surface area contributed by atoms with Crippen molar-refractivity contribution in [1.82, 2.24) is 10.2 Å². The molecule has 0 saturated carbocycles. The quantitative estimate of drug-likeness (QED) is 0.610. The third-order valence-corrected chi connectivity index (χ3v) is 4.49. The van der Waals surface area contributed by atoms with Gasteiger partial charge in [-0.25, -0.2) is 0 Å². The number of halogens is 3. The topological polar surface area (TPSA) is 68.0 Å². The van der Waals surface area contributed by atoms with Crippen LogP contribution in [0.3, 0.4) is 0 Å². The van der Waals surface area contributed by atoms with Crippen LogP contribution in [0.1, 0.15) is 22.8 Å². The summed E-state index contributed by atoms with van der Waals surface area (Å²) in [6.45, 7) is 1.98. The van der Waals surface area contributed by atoms with E-state index in [-0.39, 0.29) is 11.9 Å². The van der Waals surface area contributed by atoms with Crippen LogP contribution in [0.4, 0.5) is 19.2 Å². The van der Waals surface area contributed by atoms with E-state index in [9.17, 15) is 18.0 Å². The zero-order valence-corrected chi connectivity index (χ0v) is 14.9. The van der Waals surface area contributed by atoms with Crippen molar-refractivity contribution in [1.29, 1.82) is 0 Å². The monoisotopic (exact) mass is 393 g/mol. The molecule has 0 aliphatic carbocycles. The summed E-state index contributed by atoms with van der Waals surface area (Å²) < 4.78 is 43.2. The maximum atomic E-state index is 12.6. The van der Waals surface area contributed by atoms with Gasteiger partial charge in [0.25, 0.3) is 5.91 Å². The van der Waals surface area contributed by atoms with Gasteiger partial charge in [0.1, 0.15) is 0 Å². The van der Waals surface area contributed by atoms with Crippen molar-refractivity contribution in [3.8, 4) is 11.5 Å². The van der Waals surface area contributed by atoms with E-state index >= 15 is 0 Å². The Morgan fingerprint density at radius 3 is 2.48 bits per heavy atom. The number of carbonyl (C=O) groups is 1. The molecule has 1 amide bonds. The molecule has 9 heteroatoms. The maximum absolute atomic E-state index is 12.6. The van der Waals surface area contributed by atoms with E-state index in [4.69, 9.17) is 4.42 Å². The molecule has 3 rings (SSSR count). The third kappa shape index (κ3) is 4.48. The SMILES string of the molecule is CCSc1ccccc1C(=O)Nc1nnc(-c2ccc(C(F)(F)F)cc2)o1. The minimum Gasteiger partial charge on any atom is -0.403 e. The lowest BCUT2D eigenvalue weighted by atomic mass is 10.1. The molecule has 0 fully saturated rings. The molecule has 0 aliphatic rings. The number of aromatic nitrogens is 2. The summed E-state index contributed by atoms with van der Waals surface area (Å²) >= 11 is 1.53. The summed E-state index contributed by atoms with van der Waals surface area (Å²) in [7, 11) is 0. The second-order valence-corrected chi connectivity index (χ2v) is 6.68. The number of hydrogen-bond donors (Lipinski definition) is 1. The lowest BCUT2D eigenvalue weighted by Crippen LogP contribution is -2.13. The van der Waals surface area contributed by atoms with E-state index in [1.54, 1.807) is 12.1 Å². The molecule has 140 valence electrons. The van der Waals surface area contributed by atoms with E-state index < -0.39 is 17.6 Å². The van der Waals surface area contributed by atoms with E-state index in [2.05, 4.69) is 15.5 Å². The minimum atomic E-state index is -4.42. The van der Waals surface area contributed by atoms with Gasteiger partial charge in [-0.3, -0.25) is 10.1 Å². The summed E-state index contributed by atoms with van der Waals surface area (Å²) in [5, 5.41) is 10.0. The number of nitrogens with one attached hydrogen (secondary N) is 1. The number of amides is 1. The fourth-order valence-electron chi connectivity index (χ4n) is 2.29. The average molecular weight is 393 g/mol. The number of carbonyl (C=O) groups excluding carboxylic acids is 1. The zero-order valence-electron chi connectivity index (χ0n) is 14.1. The van der Waals surface area contributed by atoms with E-state index in [0.717, 1.165) is 22.8 Å². The highest BCUT2D eigenvalue weighted by Gasteiger charge is 2.30. The van der Waals surface area contributed by atoms with E-state index in [1.165, 1.54) is 23.9 Å². The van der Waals surface area contributed by atoms with E-state index in [0.29, 0.717) is 11.1 Å². The number of benzene rings is 2. The Hall–Kier alpha value is -2.81. The van der Waals surface area contributed by atoms with Gasteiger partial charge >= 0.3 is 12.2 Å². The van der Waals surface area contributed by atoms with Crippen LogP contribution in [0.2, 0.25) is 0 Å². The smallest absolute Gasteiger partial charge is 0.403 e. The number of alkyl halides is 3. The third-order valence-electron chi connectivity index (χ3n) is 3.54. The van der Waals surface area contributed by atoms with Crippen molar-refractivity contribution in [3.05, 3.63) is 59.7 Å². The molecule has 0 spiro atoms. The number of hydrogen-bond acceptors (Lipinski definition) is 5. The predicted octanol–water partition coefficient (Wildman–Crippen LogP) is 5.12. The molecule has 0 atom stereocenters. The molecule has 5 nitrogen and oxygen atoms in total. The Labute approximate surface area is 157 Å². The van der Waals surface area contributed by atoms with Crippen LogP contribution in [0.5, 0.6) is 0 Å². The van der Waals surface area contributed by atoms with Crippen molar-refractivity contribution in [3.63, 3.8) is 0 Å². The van der Waals surface area contributed by atoms with Crippen LogP contribution in [-0.2, 0) is 6.18 Å². The molecule has 0 saturated heterocycles. The van der Waals surface area contributed by atoms with Crippen molar-refractivity contribution in [2.45, 2.75) is 18.0 Å². The van der Waals surface area contributed by atoms with Crippen LogP contribution in [-0.4, -0.2) is 21.9 Å². The van der Waals surface area contributed by atoms with Crippen molar-refractivity contribution in [2.75, 3.05) is 11.1 Å². The average Bonchev–Trinajstić information content (AvgIpc) is 3.10. The van der Waals surface area contributed by atoms with Gasteiger partial charge in [-0.05, 0) is 42.2 Å². The molecule has 1 aromatic heterocycles. The lowest BCUT2D eigenvalue weighted by molar-refractivity contribution is -0.137. The molecular weight excluding hydrogens is 379 g/mol. The second kappa shape index (κ2) is 7.83. The lowest BCUT2D eigenvalue weighted by Gasteiger charge is -2.06.